The minimum atomic E-state index is -1.07. The molecule has 2 aromatic carbocycles. The fourth-order valence-corrected chi connectivity index (χ4v) is 3.61. The molecule has 0 unspecified atom stereocenters. The highest BCUT2D eigenvalue weighted by atomic mass is 16.5. The van der Waals surface area contributed by atoms with Gasteiger partial charge < -0.3 is 19.5 Å². The SMILES string of the molecule is CCCOc1ccc(N2C(=O)C(=O)N(CC(=O)NCCc3ccccc3OC)C2=O)cc1OCCC. The molecule has 36 heavy (non-hydrogen) atoms. The van der Waals surface area contributed by atoms with Gasteiger partial charge in [0.05, 0.1) is 26.0 Å². The maximum absolute atomic E-state index is 13.0. The maximum atomic E-state index is 13.0. The second kappa shape index (κ2) is 12.6. The van der Waals surface area contributed by atoms with Crippen molar-refractivity contribution in [3.8, 4) is 17.2 Å². The first-order chi connectivity index (χ1) is 17.4. The van der Waals surface area contributed by atoms with Crippen LogP contribution in [-0.2, 0) is 20.8 Å². The zero-order valence-corrected chi connectivity index (χ0v) is 20.7. The summed E-state index contributed by atoms with van der Waals surface area (Å²) in [6.45, 7) is 4.50. The molecule has 0 atom stereocenters. The van der Waals surface area contributed by atoms with Crippen LogP contribution in [0, 0.1) is 0 Å². The molecule has 0 aliphatic carbocycles. The van der Waals surface area contributed by atoms with Crippen LogP contribution in [0.4, 0.5) is 10.5 Å². The van der Waals surface area contributed by atoms with E-state index in [1.54, 1.807) is 13.2 Å². The summed E-state index contributed by atoms with van der Waals surface area (Å²) >= 11 is 0. The van der Waals surface area contributed by atoms with Crippen LogP contribution >= 0.6 is 0 Å². The minimum Gasteiger partial charge on any atom is -0.496 e. The number of rotatable bonds is 13. The Morgan fingerprint density at radius 3 is 2.28 bits per heavy atom. The monoisotopic (exact) mass is 497 g/mol. The molecule has 2 aromatic rings. The van der Waals surface area contributed by atoms with Gasteiger partial charge in [-0.1, -0.05) is 32.0 Å². The van der Waals surface area contributed by atoms with Gasteiger partial charge in [0.1, 0.15) is 12.3 Å². The fraction of sp³-hybridized carbons (Fsp3) is 0.385. The standard InChI is InChI=1S/C26H31N3O7/c1-4-14-35-21-11-10-19(16-22(21)36-15-5-2)29-25(32)24(31)28(26(29)33)17-23(30)27-13-12-18-8-6-7-9-20(18)34-3/h6-11,16H,4-5,12-15,17H2,1-3H3,(H,27,30). The number of carbonyl (C=O) groups excluding carboxylic acids is 4. The van der Waals surface area contributed by atoms with Gasteiger partial charge in [-0.25, -0.2) is 14.6 Å². The Hall–Kier alpha value is -4.08. The number of ether oxygens (including phenoxy) is 3. The van der Waals surface area contributed by atoms with Crippen molar-refractivity contribution in [2.45, 2.75) is 33.1 Å². The molecule has 1 N–H and O–H groups in total. The summed E-state index contributed by atoms with van der Waals surface area (Å²) < 4.78 is 16.7. The lowest BCUT2D eigenvalue weighted by atomic mass is 10.1. The highest BCUT2D eigenvalue weighted by Gasteiger charge is 2.46. The molecule has 5 amide bonds. The van der Waals surface area contributed by atoms with Crippen molar-refractivity contribution in [3.63, 3.8) is 0 Å². The first-order valence-electron chi connectivity index (χ1n) is 11.9. The van der Waals surface area contributed by atoms with Crippen LogP contribution in [0.25, 0.3) is 0 Å². The molecule has 1 aliphatic rings. The summed E-state index contributed by atoms with van der Waals surface area (Å²) in [4.78, 5) is 52.0. The van der Waals surface area contributed by atoms with Gasteiger partial charge >= 0.3 is 17.8 Å². The average Bonchev–Trinajstić information content (AvgIpc) is 3.09. The van der Waals surface area contributed by atoms with Crippen molar-refractivity contribution < 1.29 is 33.4 Å². The second-order valence-electron chi connectivity index (χ2n) is 8.05. The minimum absolute atomic E-state index is 0.160. The highest BCUT2D eigenvalue weighted by Crippen LogP contribution is 2.34. The molecule has 1 fully saturated rings. The first kappa shape index (κ1) is 26.5. The van der Waals surface area contributed by atoms with E-state index in [1.807, 2.05) is 38.1 Å². The van der Waals surface area contributed by atoms with Crippen LogP contribution < -0.4 is 24.4 Å². The summed E-state index contributed by atoms with van der Waals surface area (Å²) in [5, 5.41) is 2.67. The lowest BCUT2D eigenvalue weighted by molar-refractivity contribution is -0.140. The molecule has 0 spiro atoms. The number of nitrogens with zero attached hydrogens (tertiary/aromatic N) is 2. The Morgan fingerprint density at radius 2 is 1.58 bits per heavy atom. The van der Waals surface area contributed by atoms with Crippen molar-refractivity contribution in [1.29, 1.82) is 0 Å². The van der Waals surface area contributed by atoms with Gasteiger partial charge in [-0.15, -0.1) is 0 Å². The van der Waals surface area contributed by atoms with Gasteiger partial charge in [0.15, 0.2) is 11.5 Å². The predicted molar refractivity (Wildman–Crippen MR) is 132 cm³/mol. The van der Waals surface area contributed by atoms with E-state index in [4.69, 9.17) is 14.2 Å². The molecule has 0 aromatic heterocycles. The van der Waals surface area contributed by atoms with E-state index in [-0.39, 0.29) is 12.2 Å². The quantitative estimate of drug-likeness (QED) is 0.334. The normalized spacial score (nSPS) is 13.2. The van der Waals surface area contributed by atoms with E-state index < -0.39 is 30.3 Å². The molecule has 10 nitrogen and oxygen atoms in total. The number of urea groups is 1. The van der Waals surface area contributed by atoms with Crippen molar-refractivity contribution in [1.82, 2.24) is 10.2 Å². The van der Waals surface area contributed by atoms with Crippen LogP contribution in [0.2, 0.25) is 0 Å². The number of hydrogen-bond donors (Lipinski definition) is 1. The Morgan fingerprint density at radius 1 is 0.889 bits per heavy atom. The molecular weight excluding hydrogens is 466 g/mol. The molecule has 3 rings (SSSR count). The predicted octanol–water partition coefficient (Wildman–Crippen LogP) is 2.93. The molecule has 1 heterocycles. The molecule has 1 aliphatic heterocycles. The van der Waals surface area contributed by atoms with Crippen LogP contribution in [0.1, 0.15) is 32.3 Å². The molecule has 192 valence electrons. The van der Waals surface area contributed by atoms with Gasteiger partial charge in [-0.05, 0) is 43.0 Å². The van der Waals surface area contributed by atoms with Gasteiger partial charge in [0.2, 0.25) is 5.91 Å². The lowest BCUT2D eigenvalue weighted by Crippen LogP contribution is -2.42. The number of hydrogen-bond acceptors (Lipinski definition) is 7. The van der Waals surface area contributed by atoms with Crippen LogP contribution in [0.5, 0.6) is 17.2 Å². The fourth-order valence-electron chi connectivity index (χ4n) is 3.61. The molecule has 0 radical (unpaired) electrons. The highest BCUT2D eigenvalue weighted by molar-refractivity contribution is 6.53. The third kappa shape index (κ3) is 6.12. The Kier molecular flexibility index (Phi) is 9.26. The van der Waals surface area contributed by atoms with E-state index >= 15 is 0 Å². The van der Waals surface area contributed by atoms with E-state index in [0.717, 1.165) is 23.3 Å². The van der Waals surface area contributed by atoms with Crippen LogP contribution in [0.3, 0.4) is 0 Å². The lowest BCUT2D eigenvalue weighted by Gasteiger charge is -2.18. The number of para-hydroxylation sites is 1. The Balaban J connectivity index is 1.67. The summed E-state index contributed by atoms with van der Waals surface area (Å²) in [6.07, 6.45) is 2.04. The third-order valence-corrected chi connectivity index (χ3v) is 5.37. The van der Waals surface area contributed by atoms with Crippen LogP contribution in [-0.4, -0.2) is 62.1 Å². The molecule has 10 heteroatoms. The number of imide groups is 2. The maximum Gasteiger partial charge on any atom is 0.339 e. The van der Waals surface area contributed by atoms with E-state index in [2.05, 4.69) is 5.32 Å². The summed E-state index contributed by atoms with van der Waals surface area (Å²) in [6, 6.07) is 11.1. The summed E-state index contributed by atoms with van der Waals surface area (Å²) in [7, 11) is 1.56. The van der Waals surface area contributed by atoms with E-state index in [0.29, 0.717) is 41.8 Å². The van der Waals surface area contributed by atoms with Crippen molar-refractivity contribution in [2.24, 2.45) is 0 Å². The number of benzene rings is 2. The number of nitrogens with one attached hydrogen (secondary N) is 1. The van der Waals surface area contributed by atoms with Crippen molar-refractivity contribution >= 4 is 29.4 Å². The Labute approximate surface area is 210 Å². The Bertz CT molecular complexity index is 1120. The first-order valence-corrected chi connectivity index (χ1v) is 11.9. The number of anilines is 1. The molecule has 0 bridgehead atoms. The number of amides is 5. The smallest absolute Gasteiger partial charge is 0.339 e. The van der Waals surface area contributed by atoms with Crippen molar-refractivity contribution in [2.75, 3.05) is 38.3 Å². The van der Waals surface area contributed by atoms with Crippen LogP contribution in [0.15, 0.2) is 42.5 Å². The third-order valence-electron chi connectivity index (χ3n) is 5.37. The summed E-state index contributed by atoms with van der Waals surface area (Å²) in [5.74, 6) is -1.12. The van der Waals surface area contributed by atoms with Gasteiger partial charge in [0.25, 0.3) is 0 Å². The van der Waals surface area contributed by atoms with Gasteiger partial charge in [-0.2, -0.15) is 0 Å². The molecule has 0 saturated carbocycles. The molecular formula is C26H31N3O7. The topological polar surface area (TPSA) is 114 Å². The van der Waals surface area contributed by atoms with Gasteiger partial charge in [0, 0.05) is 12.6 Å². The number of methoxy groups -OCH3 is 1. The van der Waals surface area contributed by atoms with Crippen molar-refractivity contribution in [3.05, 3.63) is 48.0 Å². The second-order valence-corrected chi connectivity index (χ2v) is 8.05. The average molecular weight is 498 g/mol. The molecule has 1 saturated heterocycles. The van der Waals surface area contributed by atoms with E-state index in [1.165, 1.54) is 12.1 Å². The van der Waals surface area contributed by atoms with Gasteiger partial charge in [-0.3, -0.25) is 14.4 Å². The zero-order chi connectivity index (χ0) is 26.1. The largest absolute Gasteiger partial charge is 0.496 e. The zero-order valence-electron chi connectivity index (χ0n) is 20.7. The van der Waals surface area contributed by atoms with E-state index in [9.17, 15) is 19.2 Å². The number of carbonyl (C=O) groups is 4. The summed E-state index contributed by atoms with van der Waals surface area (Å²) in [5.41, 5.74) is 1.06.